The normalized spacial score (nSPS) is 14.5. The highest BCUT2D eigenvalue weighted by atomic mass is 32.1. The van der Waals surface area contributed by atoms with E-state index in [-0.39, 0.29) is 27.3 Å². The third-order valence-electron chi connectivity index (χ3n) is 6.30. The third-order valence-corrected chi connectivity index (χ3v) is 7.36. The summed E-state index contributed by atoms with van der Waals surface area (Å²) in [4.78, 5) is 16.1. The molecule has 0 radical (unpaired) electrons. The van der Waals surface area contributed by atoms with Crippen LogP contribution in [0.4, 0.5) is 19.1 Å². The van der Waals surface area contributed by atoms with E-state index in [0.717, 1.165) is 36.2 Å². The Labute approximate surface area is 214 Å². The number of nitrogens with zero attached hydrogens (tertiary/aromatic N) is 5. The van der Waals surface area contributed by atoms with Gasteiger partial charge in [0.2, 0.25) is 11.8 Å². The molecule has 1 fully saturated rings. The molecule has 0 saturated carbocycles. The van der Waals surface area contributed by atoms with Gasteiger partial charge in [-0.25, -0.2) is 9.97 Å². The monoisotopic (exact) mass is 524 g/mol. The number of fused-ring (bicyclic) bond motifs is 3. The van der Waals surface area contributed by atoms with Crippen molar-refractivity contribution in [2.24, 2.45) is 0 Å². The molecule has 0 aliphatic carbocycles. The van der Waals surface area contributed by atoms with Crippen LogP contribution in [0.2, 0.25) is 0 Å². The molecule has 4 aromatic heterocycles. The van der Waals surface area contributed by atoms with Gasteiger partial charge in [0, 0.05) is 49.8 Å². The quantitative estimate of drug-likeness (QED) is 0.326. The molecular formula is C26H23F3N6OS. The van der Waals surface area contributed by atoms with E-state index in [1.165, 1.54) is 0 Å². The standard InChI is InChI=1S/C26H23F3N6OS/c1-2-36-23-22-21(32-25(33-23)35-13-9-30-10-14-35)20-18(26(27,28)29)15-19(31-24(20)37-22)16-5-7-17(8-6-16)34-11-3-4-12-34/h3-8,11-12,15,30H,2,9-10,13-14H2,1H3. The minimum atomic E-state index is -4.60. The van der Waals surface area contributed by atoms with Crippen molar-refractivity contribution in [2.45, 2.75) is 13.1 Å². The molecule has 0 unspecified atom stereocenters. The van der Waals surface area contributed by atoms with Crippen LogP contribution in [0.5, 0.6) is 5.88 Å². The van der Waals surface area contributed by atoms with E-state index in [2.05, 4.69) is 20.3 Å². The molecule has 37 heavy (non-hydrogen) atoms. The average molecular weight is 525 g/mol. The Morgan fingerprint density at radius 3 is 2.43 bits per heavy atom. The van der Waals surface area contributed by atoms with Gasteiger partial charge in [-0.05, 0) is 37.3 Å². The van der Waals surface area contributed by atoms with Crippen LogP contribution in [-0.4, -0.2) is 52.3 Å². The average Bonchev–Trinajstić information content (AvgIpc) is 3.57. The van der Waals surface area contributed by atoms with Gasteiger partial charge in [-0.2, -0.15) is 18.2 Å². The van der Waals surface area contributed by atoms with Crippen molar-refractivity contribution < 1.29 is 17.9 Å². The van der Waals surface area contributed by atoms with Crippen LogP contribution < -0.4 is 15.0 Å². The fourth-order valence-corrected chi connectivity index (χ4v) is 5.61. The highest BCUT2D eigenvalue weighted by Crippen LogP contribution is 2.45. The molecule has 1 aliphatic heterocycles. The van der Waals surface area contributed by atoms with Crippen LogP contribution in [0, 0.1) is 0 Å². The molecule has 0 bridgehead atoms. The van der Waals surface area contributed by atoms with Gasteiger partial charge >= 0.3 is 6.18 Å². The third kappa shape index (κ3) is 4.38. The van der Waals surface area contributed by atoms with Crippen LogP contribution >= 0.6 is 11.3 Å². The fraction of sp³-hybridized carbons (Fsp3) is 0.269. The van der Waals surface area contributed by atoms with Gasteiger partial charge in [-0.1, -0.05) is 12.1 Å². The number of aromatic nitrogens is 4. The highest BCUT2D eigenvalue weighted by molar-refractivity contribution is 7.25. The molecule has 7 nitrogen and oxygen atoms in total. The summed E-state index contributed by atoms with van der Waals surface area (Å²) in [6, 6.07) is 12.2. The number of hydrogen-bond acceptors (Lipinski definition) is 7. The van der Waals surface area contributed by atoms with E-state index in [0.29, 0.717) is 35.9 Å². The minimum absolute atomic E-state index is 0.0139. The molecule has 6 rings (SSSR count). The molecule has 1 aliphatic rings. The molecule has 0 spiro atoms. The first-order valence-corrected chi connectivity index (χ1v) is 12.8. The van der Waals surface area contributed by atoms with E-state index in [4.69, 9.17) is 4.74 Å². The summed E-state index contributed by atoms with van der Waals surface area (Å²) in [6.45, 7) is 4.97. The van der Waals surface area contributed by atoms with Gasteiger partial charge in [0.1, 0.15) is 15.0 Å². The van der Waals surface area contributed by atoms with Crippen molar-refractivity contribution in [1.29, 1.82) is 0 Å². The molecule has 1 saturated heterocycles. The predicted molar refractivity (Wildman–Crippen MR) is 139 cm³/mol. The molecule has 5 aromatic rings. The minimum Gasteiger partial charge on any atom is -0.477 e. The van der Waals surface area contributed by atoms with Crippen molar-refractivity contribution in [3.05, 3.63) is 60.4 Å². The molecule has 190 valence electrons. The summed E-state index contributed by atoms with van der Waals surface area (Å²) in [5.74, 6) is 0.657. The summed E-state index contributed by atoms with van der Waals surface area (Å²) < 4.78 is 51.5. The molecular weight excluding hydrogens is 501 g/mol. The lowest BCUT2D eigenvalue weighted by Gasteiger charge is -2.27. The number of benzene rings is 1. The smallest absolute Gasteiger partial charge is 0.417 e. The summed E-state index contributed by atoms with van der Waals surface area (Å²) in [5.41, 5.74) is 1.21. The van der Waals surface area contributed by atoms with Crippen molar-refractivity contribution in [1.82, 2.24) is 24.8 Å². The lowest BCUT2D eigenvalue weighted by atomic mass is 10.1. The van der Waals surface area contributed by atoms with Crippen LogP contribution in [-0.2, 0) is 6.18 Å². The highest BCUT2D eigenvalue weighted by Gasteiger charge is 2.36. The number of ether oxygens (including phenoxy) is 1. The van der Waals surface area contributed by atoms with Gasteiger partial charge in [0.15, 0.2) is 0 Å². The second-order valence-electron chi connectivity index (χ2n) is 8.65. The molecule has 5 heterocycles. The maximum absolute atomic E-state index is 14.5. The first-order valence-electron chi connectivity index (χ1n) is 12.0. The molecule has 1 aromatic carbocycles. The Morgan fingerprint density at radius 1 is 1.03 bits per heavy atom. The lowest BCUT2D eigenvalue weighted by molar-refractivity contribution is -0.136. The summed E-state index contributed by atoms with van der Waals surface area (Å²) in [6.07, 6.45) is -0.783. The van der Waals surface area contributed by atoms with Crippen molar-refractivity contribution in [3.8, 4) is 22.8 Å². The molecule has 0 atom stereocenters. The van der Waals surface area contributed by atoms with E-state index < -0.39 is 11.7 Å². The van der Waals surface area contributed by atoms with Gasteiger partial charge in [0.05, 0.1) is 23.3 Å². The van der Waals surface area contributed by atoms with Crippen LogP contribution in [0.15, 0.2) is 54.9 Å². The van der Waals surface area contributed by atoms with Crippen molar-refractivity contribution >= 4 is 37.7 Å². The zero-order chi connectivity index (χ0) is 25.6. The molecule has 0 amide bonds. The summed E-state index contributed by atoms with van der Waals surface area (Å²) >= 11 is 1.13. The Morgan fingerprint density at radius 2 is 1.76 bits per heavy atom. The molecule has 11 heteroatoms. The first kappa shape index (κ1) is 23.7. The van der Waals surface area contributed by atoms with Crippen molar-refractivity contribution in [2.75, 3.05) is 37.7 Å². The second-order valence-corrected chi connectivity index (χ2v) is 9.65. The Balaban J connectivity index is 1.54. The number of pyridine rings is 1. The molecule has 1 N–H and O–H groups in total. The Bertz CT molecular complexity index is 1560. The van der Waals surface area contributed by atoms with Crippen LogP contribution in [0.1, 0.15) is 12.5 Å². The number of piperazine rings is 1. The van der Waals surface area contributed by atoms with Gasteiger partial charge in [0.25, 0.3) is 0 Å². The maximum atomic E-state index is 14.5. The fourth-order valence-electron chi connectivity index (χ4n) is 4.52. The zero-order valence-electron chi connectivity index (χ0n) is 19.9. The summed E-state index contributed by atoms with van der Waals surface area (Å²) in [5, 5.41) is 3.25. The number of alkyl halides is 3. The number of hydrogen-bond donors (Lipinski definition) is 1. The number of anilines is 1. The van der Waals surface area contributed by atoms with Gasteiger partial charge in [-0.3, -0.25) is 0 Å². The largest absolute Gasteiger partial charge is 0.477 e. The Kier molecular flexibility index (Phi) is 5.96. The number of thiophene rings is 1. The number of rotatable bonds is 5. The van der Waals surface area contributed by atoms with Crippen molar-refractivity contribution in [3.63, 3.8) is 0 Å². The predicted octanol–water partition coefficient (Wildman–Crippen LogP) is 5.52. The maximum Gasteiger partial charge on any atom is 0.417 e. The van der Waals surface area contributed by atoms with E-state index in [1.807, 2.05) is 53.0 Å². The number of nitrogens with one attached hydrogen (secondary N) is 1. The SMILES string of the molecule is CCOc1nc(N2CCNCC2)nc2c1sc1nc(-c3ccc(-n4cccc4)cc3)cc(C(F)(F)F)c12. The summed E-state index contributed by atoms with van der Waals surface area (Å²) in [7, 11) is 0. The lowest BCUT2D eigenvalue weighted by Crippen LogP contribution is -2.44. The van der Waals surface area contributed by atoms with E-state index in [9.17, 15) is 13.2 Å². The Hall–Kier alpha value is -3.70. The first-order chi connectivity index (χ1) is 17.9. The van der Waals surface area contributed by atoms with Crippen LogP contribution in [0.25, 0.3) is 37.4 Å². The topological polar surface area (TPSA) is 68.1 Å². The second kappa shape index (κ2) is 9.31. The van der Waals surface area contributed by atoms with Crippen LogP contribution in [0.3, 0.4) is 0 Å². The van der Waals surface area contributed by atoms with Gasteiger partial charge in [-0.15, -0.1) is 11.3 Å². The van der Waals surface area contributed by atoms with Gasteiger partial charge < -0.3 is 19.5 Å². The number of halogens is 3. The van der Waals surface area contributed by atoms with E-state index in [1.54, 1.807) is 12.1 Å². The zero-order valence-corrected chi connectivity index (χ0v) is 20.7. The van der Waals surface area contributed by atoms with E-state index >= 15 is 0 Å².